The van der Waals surface area contributed by atoms with E-state index in [-0.39, 0.29) is 63.5 Å². The molecule has 0 saturated carbocycles. The summed E-state index contributed by atoms with van der Waals surface area (Å²) >= 11 is 0. The normalized spacial score (nSPS) is 11.6. The first-order valence-corrected chi connectivity index (χ1v) is 17.4. The molecule has 4 aromatic carbocycles. The minimum absolute atomic E-state index is 0.0220. The molecule has 0 aliphatic carbocycles. The van der Waals surface area contributed by atoms with Gasteiger partial charge in [0, 0.05) is 29.7 Å². The maximum atomic E-state index is 15.9. The molecule has 0 fully saturated rings. The Morgan fingerprint density at radius 3 is 2.29 bits per heavy atom. The van der Waals surface area contributed by atoms with E-state index in [0.29, 0.717) is 6.42 Å². The van der Waals surface area contributed by atoms with E-state index >= 15 is 4.39 Å². The molecule has 268 valence electrons. The summed E-state index contributed by atoms with van der Waals surface area (Å²) in [5, 5.41) is 17.1. The van der Waals surface area contributed by atoms with Crippen LogP contribution in [0.15, 0.2) is 89.8 Å². The molecule has 2 amide bonds. The Morgan fingerprint density at radius 2 is 1.63 bits per heavy atom. The van der Waals surface area contributed by atoms with Crippen molar-refractivity contribution < 1.29 is 40.0 Å². The van der Waals surface area contributed by atoms with Crippen molar-refractivity contribution in [3.63, 3.8) is 0 Å². The highest BCUT2D eigenvalue weighted by Gasteiger charge is 2.36. The third-order valence-corrected chi connectivity index (χ3v) is 9.44. The maximum absolute atomic E-state index is 15.9. The predicted molar refractivity (Wildman–Crippen MR) is 182 cm³/mol. The van der Waals surface area contributed by atoms with Gasteiger partial charge in [0.15, 0.2) is 0 Å². The number of rotatable bonds is 11. The summed E-state index contributed by atoms with van der Waals surface area (Å²) in [6.07, 6.45) is -4.29. The minimum atomic E-state index is -4.85. The van der Waals surface area contributed by atoms with E-state index in [2.05, 4.69) is 10.4 Å². The molecule has 1 heterocycles. The van der Waals surface area contributed by atoms with Gasteiger partial charge in [0.05, 0.1) is 27.4 Å². The highest BCUT2D eigenvalue weighted by atomic mass is 32.2. The Kier molecular flexibility index (Phi) is 10.9. The van der Waals surface area contributed by atoms with E-state index in [4.69, 9.17) is 0 Å². The number of hydrogen-bond donors (Lipinski definition) is 2. The number of carbonyl (C=O) groups excluding carboxylic acids is 2. The lowest BCUT2D eigenvalue weighted by atomic mass is 9.97. The Balaban J connectivity index is 1.53. The highest BCUT2D eigenvalue weighted by molar-refractivity contribution is 7.90. The third kappa shape index (κ3) is 7.87. The van der Waals surface area contributed by atoms with Gasteiger partial charge < -0.3 is 5.32 Å². The monoisotopic (exact) mass is 735 g/mol. The molecule has 0 atom stereocenters. The predicted octanol–water partition coefficient (Wildman–Crippen LogP) is 7.72. The molecule has 15 heteroatoms. The first kappa shape index (κ1) is 37.4. The summed E-state index contributed by atoms with van der Waals surface area (Å²) in [6.45, 7) is 3.38. The van der Waals surface area contributed by atoms with Crippen LogP contribution < -0.4 is 10.0 Å². The molecule has 2 N–H and O–H groups in total. The molecular weight excluding hydrogens is 705 g/mol. The number of halogens is 5. The number of aromatic nitrogens is 2. The van der Waals surface area contributed by atoms with Crippen LogP contribution in [0.5, 0.6) is 0 Å². The van der Waals surface area contributed by atoms with Gasteiger partial charge >= 0.3 is 6.18 Å². The molecule has 1 aromatic heterocycles. The van der Waals surface area contributed by atoms with Gasteiger partial charge in [0.2, 0.25) is 5.91 Å². The van der Waals surface area contributed by atoms with E-state index in [1.54, 1.807) is 13.8 Å². The fourth-order valence-corrected chi connectivity index (χ4v) is 6.74. The van der Waals surface area contributed by atoms with E-state index in [0.717, 1.165) is 41.1 Å². The quantitative estimate of drug-likeness (QED) is 0.134. The molecule has 0 radical (unpaired) electrons. The van der Waals surface area contributed by atoms with Crippen molar-refractivity contribution in [1.82, 2.24) is 14.5 Å². The highest BCUT2D eigenvalue weighted by Crippen LogP contribution is 2.37. The van der Waals surface area contributed by atoms with Crippen LogP contribution in [0.1, 0.15) is 65.1 Å². The van der Waals surface area contributed by atoms with Crippen molar-refractivity contribution in [2.24, 2.45) is 0 Å². The molecule has 0 bridgehead atoms. The van der Waals surface area contributed by atoms with E-state index < -0.39 is 56.5 Å². The van der Waals surface area contributed by atoms with Crippen molar-refractivity contribution in [3.8, 4) is 22.9 Å². The first-order chi connectivity index (χ1) is 24.7. The van der Waals surface area contributed by atoms with Gasteiger partial charge in [-0.1, -0.05) is 62.7 Å². The van der Waals surface area contributed by atoms with Crippen LogP contribution in [0.25, 0.3) is 16.8 Å². The second-order valence-corrected chi connectivity index (χ2v) is 13.2. The lowest BCUT2D eigenvalue weighted by molar-refractivity contribution is -0.137. The second-order valence-electron chi connectivity index (χ2n) is 11.6. The fourth-order valence-electron chi connectivity index (χ4n) is 5.55. The Morgan fingerprint density at radius 1 is 0.923 bits per heavy atom. The summed E-state index contributed by atoms with van der Waals surface area (Å²) < 4.78 is 102. The van der Waals surface area contributed by atoms with Crippen molar-refractivity contribution in [2.75, 3.05) is 5.32 Å². The van der Waals surface area contributed by atoms with Crippen LogP contribution in [-0.2, 0) is 33.8 Å². The van der Waals surface area contributed by atoms with Crippen LogP contribution in [-0.4, -0.2) is 30.0 Å². The smallest absolute Gasteiger partial charge is 0.326 e. The van der Waals surface area contributed by atoms with Crippen LogP contribution in [0.4, 0.5) is 27.6 Å². The second kappa shape index (κ2) is 15.2. The van der Waals surface area contributed by atoms with E-state index in [9.17, 15) is 40.8 Å². The maximum Gasteiger partial charge on any atom is 0.418 e. The van der Waals surface area contributed by atoms with Crippen LogP contribution in [0.2, 0.25) is 0 Å². The molecule has 0 saturated heterocycles. The topological polar surface area (TPSA) is 134 Å². The molecule has 0 unspecified atom stereocenters. The number of carbonyl (C=O) groups is 2. The number of nitrogens with zero attached hydrogens (tertiary/aromatic N) is 3. The summed E-state index contributed by atoms with van der Waals surface area (Å²) in [4.78, 5) is 24.3. The van der Waals surface area contributed by atoms with Crippen molar-refractivity contribution in [1.29, 1.82) is 5.26 Å². The number of amides is 2. The largest absolute Gasteiger partial charge is 0.418 e. The van der Waals surface area contributed by atoms with Gasteiger partial charge in [-0.25, -0.2) is 26.6 Å². The number of anilines is 1. The average molecular weight is 736 g/mol. The fraction of sp³-hybridized carbons (Fsp3) is 0.189. The van der Waals surface area contributed by atoms with Gasteiger partial charge in [-0.05, 0) is 60.0 Å². The standard InChI is InChI=1S/C37H30F5N5O4S/c1-3-9-31-27(33(21-43)47(45-31)32-20-24(44-35(48)4-2)16-17-28(32)37(40,41)42)18-23-15-14-22(19-30(23)39)25-10-6-8-13-34(25)52(50,51)46-36(49)26-11-5-7-12-29(26)38/h5-8,10-17,19-20H,3-4,9,18H2,1-2H3,(H,44,48)(H,46,49). The van der Waals surface area contributed by atoms with Crippen LogP contribution in [0.3, 0.4) is 0 Å². The Hall–Kier alpha value is -5.88. The van der Waals surface area contributed by atoms with Crippen molar-refractivity contribution in [2.45, 2.75) is 50.6 Å². The molecule has 52 heavy (non-hydrogen) atoms. The lowest BCUT2D eigenvalue weighted by Gasteiger charge is -2.15. The minimum Gasteiger partial charge on any atom is -0.326 e. The molecule has 5 aromatic rings. The average Bonchev–Trinajstić information content (AvgIpc) is 3.45. The van der Waals surface area contributed by atoms with Gasteiger partial charge in [-0.15, -0.1) is 0 Å². The number of sulfonamides is 1. The van der Waals surface area contributed by atoms with Crippen LogP contribution >= 0.6 is 0 Å². The number of aryl methyl sites for hydroxylation is 1. The van der Waals surface area contributed by atoms with Gasteiger partial charge in [0.25, 0.3) is 15.9 Å². The number of alkyl halides is 3. The zero-order valence-electron chi connectivity index (χ0n) is 27.7. The van der Waals surface area contributed by atoms with Crippen molar-refractivity contribution >= 4 is 27.5 Å². The zero-order chi connectivity index (χ0) is 37.8. The lowest BCUT2D eigenvalue weighted by Crippen LogP contribution is -2.31. The summed E-state index contributed by atoms with van der Waals surface area (Å²) in [7, 11) is -4.58. The molecule has 9 nitrogen and oxygen atoms in total. The van der Waals surface area contributed by atoms with Crippen LogP contribution in [0, 0.1) is 23.0 Å². The zero-order valence-corrected chi connectivity index (χ0v) is 28.5. The van der Waals surface area contributed by atoms with Crippen molar-refractivity contribution in [3.05, 3.63) is 130 Å². The summed E-state index contributed by atoms with van der Waals surface area (Å²) in [6, 6.07) is 19.0. The molecule has 5 rings (SSSR count). The molecule has 0 aliphatic heterocycles. The molecular formula is C37H30F5N5O4S. The molecule has 0 spiro atoms. The van der Waals surface area contributed by atoms with E-state index in [1.165, 1.54) is 48.5 Å². The third-order valence-electron chi connectivity index (χ3n) is 8.05. The van der Waals surface area contributed by atoms with Gasteiger partial charge in [0.1, 0.15) is 23.4 Å². The number of nitrogens with one attached hydrogen (secondary N) is 2. The number of hydrogen-bond acceptors (Lipinski definition) is 6. The van der Waals surface area contributed by atoms with E-state index in [1.807, 2.05) is 10.8 Å². The molecule has 0 aliphatic rings. The summed E-state index contributed by atoms with van der Waals surface area (Å²) in [5.74, 6) is -3.39. The Bertz CT molecular complexity index is 2330. The Labute approximate surface area is 295 Å². The SMILES string of the molecule is CCCc1nn(-c2cc(NC(=O)CC)ccc2C(F)(F)F)c(C#N)c1Cc1ccc(-c2ccccc2S(=O)(=O)NC(=O)c2ccccc2F)cc1F. The summed E-state index contributed by atoms with van der Waals surface area (Å²) in [5.41, 5.74) is -1.70. The van der Waals surface area contributed by atoms with Gasteiger partial charge in [-0.2, -0.15) is 23.5 Å². The number of benzene rings is 4. The van der Waals surface area contributed by atoms with Gasteiger partial charge in [-0.3, -0.25) is 9.59 Å². The first-order valence-electron chi connectivity index (χ1n) is 15.9. The number of nitriles is 1.